The third-order valence-electron chi connectivity index (χ3n) is 5.92. The quantitative estimate of drug-likeness (QED) is 0.106. The van der Waals surface area contributed by atoms with Gasteiger partial charge in [-0.3, -0.25) is 14.4 Å². The number of carbonyl (C=O) groups is 3. The predicted molar refractivity (Wildman–Crippen MR) is 132 cm³/mol. The van der Waals surface area contributed by atoms with Crippen LogP contribution < -0.4 is 0 Å². The summed E-state index contributed by atoms with van der Waals surface area (Å²) in [6.45, 7) is 0. The summed E-state index contributed by atoms with van der Waals surface area (Å²) in [5.41, 5.74) is -1.18. The van der Waals surface area contributed by atoms with Gasteiger partial charge in [-0.2, -0.15) is 0 Å². The molecular formula is C27H14Cl2O6. The molecule has 0 unspecified atom stereocenters. The molecule has 8 heteroatoms. The summed E-state index contributed by atoms with van der Waals surface area (Å²) in [5.74, 6) is -4.68. The fraction of sp³-hybridized carbons (Fsp3) is 0. The lowest BCUT2D eigenvalue weighted by Crippen LogP contribution is -2.31. The first-order chi connectivity index (χ1) is 16.7. The van der Waals surface area contributed by atoms with E-state index in [1.54, 1.807) is 18.2 Å². The molecule has 3 N–H and O–H groups in total. The fourth-order valence-electron chi connectivity index (χ4n) is 4.27. The molecule has 0 aliphatic heterocycles. The van der Waals surface area contributed by atoms with E-state index in [-0.39, 0.29) is 43.1 Å². The molecule has 4 aromatic carbocycles. The van der Waals surface area contributed by atoms with Crippen LogP contribution >= 0.6 is 23.2 Å². The smallest absolute Gasteiger partial charge is 0.238 e. The largest absolute Gasteiger partial charge is 0.507 e. The Hall–Kier alpha value is -4.13. The zero-order valence-corrected chi connectivity index (χ0v) is 19.2. The lowest BCUT2D eigenvalue weighted by molar-refractivity contribution is -0.111. The summed E-state index contributed by atoms with van der Waals surface area (Å²) in [6, 6.07) is 16.2. The number of rotatable bonds is 2. The molecule has 0 saturated heterocycles. The van der Waals surface area contributed by atoms with Gasteiger partial charge in [-0.15, -0.1) is 0 Å². The highest BCUT2D eigenvalue weighted by Gasteiger charge is 2.39. The van der Waals surface area contributed by atoms with Gasteiger partial charge in [-0.05, 0) is 17.7 Å². The van der Waals surface area contributed by atoms with Gasteiger partial charge >= 0.3 is 0 Å². The number of fused-ring (bicyclic) bond motifs is 2. The molecule has 35 heavy (non-hydrogen) atoms. The number of halogens is 2. The van der Waals surface area contributed by atoms with Crippen LogP contribution in [0.1, 0.15) is 31.8 Å². The highest BCUT2D eigenvalue weighted by Crippen LogP contribution is 2.50. The van der Waals surface area contributed by atoms with E-state index in [0.717, 1.165) is 0 Å². The molecule has 1 aliphatic rings. The van der Waals surface area contributed by atoms with E-state index in [2.05, 4.69) is 0 Å². The van der Waals surface area contributed by atoms with Gasteiger partial charge in [0.25, 0.3) is 0 Å². The molecule has 0 bridgehead atoms. The number of benzene rings is 4. The van der Waals surface area contributed by atoms with Crippen molar-refractivity contribution in [3.05, 3.63) is 105 Å². The van der Waals surface area contributed by atoms with Crippen LogP contribution in [0.2, 0.25) is 10.0 Å². The van der Waals surface area contributed by atoms with Crippen LogP contribution in [-0.4, -0.2) is 32.7 Å². The van der Waals surface area contributed by atoms with Crippen LogP contribution in [0.5, 0.6) is 17.2 Å². The van der Waals surface area contributed by atoms with Gasteiger partial charge in [0.2, 0.25) is 11.6 Å². The molecule has 4 aromatic rings. The Bertz CT molecular complexity index is 1650. The second kappa shape index (κ2) is 8.27. The Balaban J connectivity index is 1.97. The van der Waals surface area contributed by atoms with Crippen molar-refractivity contribution in [1.29, 1.82) is 0 Å². The number of allylic oxidation sites excluding steroid dienone is 1. The minimum atomic E-state index is -1.12. The number of hydrogen-bond donors (Lipinski definition) is 3. The van der Waals surface area contributed by atoms with E-state index < -0.39 is 45.7 Å². The molecule has 172 valence electrons. The summed E-state index contributed by atoms with van der Waals surface area (Å²) < 4.78 is 0. The second-order valence-corrected chi connectivity index (χ2v) is 8.69. The zero-order chi connectivity index (χ0) is 25.0. The lowest BCUT2D eigenvalue weighted by atomic mass is 9.79. The van der Waals surface area contributed by atoms with Crippen LogP contribution in [0.3, 0.4) is 0 Å². The second-order valence-electron chi connectivity index (χ2n) is 7.88. The number of phenols is 3. The maximum absolute atomic E-state index is 13.6. The van der Waals surface area contributed by atoms with Crippen molar-refractivity contribution in [2.45, 2.75) is 0 Å². The standard InChI is InChI=1S/C27H14Cl2O6/c28-17-10-9-12(11-18(17)29)19(20-22(30)13-5-1-3-7-15(13)24(32)26(20)34)21-23(31)14-6-2-4-8-16(14)25(33)27(21)35/h1-11,30,32,34H/b21-19-. The molecule has 0 atom stereocenters. The highest BCUT2D eigenvalue weighted by molar-refractivity contribution is 6.61. The molecule has 0 fully saturated rings. The average Bonchev–Trinajstić information content (AvgIpc) is 2.87. The Morgan fingerprint density at radius 3 is 1.80 bits per heavy atom. The predicted octanol–water partition coefficient (Wildman–Crippen LogP) is 5.71. The fourth-order valence-corrected chi connectivity index (χ4v) is 4.57. The average molecular weight is 505 g/mol. The van der Waals surface area contributed by atoms with Crippen LogP contribution in [0, 0.1) is 0 Å². The van der Waals surface area contributed by atoms with Crippen molar-refractivity contribution in [3.8, 4) is 17.2 Å². The van der Waals surface area contributed by atoms with E-state index in [4.69, 9.17) is 23.2 Å². The van der Waals surface area contributed by atoms with E-state index >= 15 is 0 Å². The van der Waals surface area contributed by atoms with Gasteiger partial charge in [0.1, 0.15) is 5.75 Å². The van der Waals surface area contributed by atoms with Gasteiger partial charge in [-0.1, -0.05) is 77.8 Å². The normalized spacial score (nSPS) is 14.9. The van der Waals surface area contributed by atoms with Gasteiger partial charge in [0.15, 0.2) is 17.3 Å². The summed E-state index contributed by atoms with van der Waals surface area (Å²) in [4.78, 5) is 39.8. The summed E-state index contributed by atoms with van der Waals surface area (Å²) in [5, 5.41) is 33.5. The number of carbonyl (C=O) groups excluding carboxylic acids is 3. The molecule has 6 nitrogen and oxygen atoms in total. The number of Topliss-reactive ketones (excluding diaryl/α,β-unsaturated/α-hetero) is 3. The molecular weight excluding hydrogens is 491 g/mol. The molecule has 0 spiro atoms. The molecule has 0 saturated carbocycles. The van der Waals surface area contributed by atoms with Gasteiger partial charge < -0.3 is 15.3 Å². The first-order valence-electron chi connectivity index (χ1n) is 10.3. The van der Waals surface area contributed by atoms with Crippen molar-refractivity contribution in [2.75, 3.05) is 0 Å². The lowest BCUT2D eigenvalue weighted by Gasteiger charge is -2.22. The zero-order valence-electron chi connectivity index (χ0n) is 17.7. The van der Waals surface area contributed by atoms with Gasteiger partial charge in [0, 0.05) is 27.5 Å². The van der Waals surface area contributed by atoms with Crippen LogP contribution in [0.15, 0.2) is 72.3 Å². The molecule has 0 heterocycles. The maximum Gasteiger partial charge on any atom is 0.238 e. The summed E-state index contributed by atoms with van der Waals surface area (Å²) in [7, 11) is 0. The molecule has 0 aromatic heterocycles. The van der Waals surface area contributed by atoms with E-state index in [0.29, 0.717) is 0 Å². The molecule has 5 rings (SSSR count). The van der Waals surface area contributed by atoms with Crippen LogP contribution in [0.25, 0.3) is 16.3 Å². The topological polar surface area (TPSA) is 112 Å². The number of aromatic hydroxyl groups is 3. The van der Waals surface area contributed by atoms with Crippen molar-refractivity contribution >= 4 is 56.9 Å². The maximum atomic E-state index is 13.6. The van der Waals surface area contributed by atoms with Gasteiger partial charge in [0.05, 0.1) is 21.2 Å². The van der Waals surface area contributed by atoms with Crippen molar-refractivity contribution in [2.24, 2.45) is 0 Å². The Morgan fingerprint density at radius 1 is 0.600 bits per heavy atom. The van der Waals surface area contributed by atoms with Crippen LogP contribution in [0.4, 0.5) is 0 Å². The molecule has 0 radical (unpaired) electrons. The molecule has 1 aliphatic carbocycles. The first-order valence-corrected chi connectivity index (χ1v) is 11.1. The van der Waals surface area contributed by atoms with Gasteiger partial charge in [-0.25, -0.2) is 0 Å². The highest BCUT2D eigenvalue weighted by atomic mass is 35.5. The number of ketones is 3. The summed E-state index contributed by atoms with van der Waals surface area (Å²) >= 11 is 12.3. The Kier molecular flexibility index (Phi) is 5.35. The molecule has 0 amide bonds. The number of phenolic OH excluding ortho intramolecular Hbond substituents is 3. The number of hydrogen-bond acceptors (Lipinski definition) is 6. The Labute approximate surface area is 208 Å². The van der Waals surface area contributed by atoms with E-state index in [9.17, 15) is 29.7 Å². The van der Waals surface area contributed by atoms with E-state index in [1.165, 1.54) is 48.5 Å². The minimum absolute atomic E-state index is 0.00588. The van der Waals surface area contributed by atoms with E-state index in [1.807, 2.05) is 0 Å². The third-order valence-corrected chi connectivity index (χ3v) is 6.66. The van der Waals surface area contributed by atoms with Crippen molar-refractivity contribution in [3.63, 3.8) is 0 Å². The monoisotopic (exact) mass is 504 g/mol. The third kappa shape index (κ3) is 3.38. The Morgan fingerprint density at radius 2 is 1.17 bits per heavy atom. The SMILES string of the molecule is O=C1C(=O)c2ccccc2C(=O)/C1=C(\c1ccc(Cl)c(Cl)c1)c1c(O)c(O)c2ccccc2c1O. The first kappa shape index (κ1) is 22.7. The van der Waals surface area contributed by atoms with Crippen LogP contribution in [-0.2, 0) is 4.79 Å². The summed E-state index contributed by atoms with van der Waals surface area (Å²) in [6.07, 6.45) is 0. The van der Waals surface area contributed by atoms with Crippen molar-refractivity contribution < 1.29 is 29.7 Å². The minimum Gasteiger partial charge on any atom is -0.507 e. The van der Waals surface area contributed by atoms with Crippen molar-refractivity contribution in [1.82, 2.24) is 0 Å².